The first-order valence-corrected chi connectivity index (χ1v) is 7.81. The molecule has 1 aliphatic carbocycles. The lowest BCUT2D eigenvalue weighted by Gasteiger charge is -2.30. The maximum atomic E-state index is 12.3. The van der Waals surface area contributed by atoms with Gasteiger partial charge in [-0.1, -0.05) is 42.5 Å². The lowest BCUT2D eigenvalue weighted by Crippen LogP contribution is -2.28. The van der Waals surface area contributed by atoms with E-state index in [-0.39, 0.29) is 24.5 Å². The second-order valence-electron chi connectivity index (χ2n) is 6.23. The summed E-state index contributed by atoms with van der Waals surface area (Å²) in [6.07, 6.45) is 1.46. The van der Waals surface area contributed by atoms with Crippen LogP contribution in [0.2, 0.25) is 0 Å². The fourth-order valence-corrected chi connectivity index (χ4v) is 4.18. The minimum atomic E-state index is -0.0262. The summed E-state index contributed by atoms with van der Waals surface area (Å²) in [5.41, 5.74) is 5.41. The Kier molecular flexibility index (Phi) is 3.05. The molecule has 2 unspecified atom stereocenters. The molecule has 0 radical (unpaired) electrons. The number of hydrogen-bond acceptors (Lipinski definition) is 3. The summed E-state index contributed by atoms with van der Waals surface area (Å²) >= 11 is 0. The largest absolute Gasteiger partial charge is 0.376 e. The van der Waals surface area contributed by atoms with Crippen molar-refractivity contribution in [3.63, 3.8) is 0 Å². The van der Waals surface area contributed by atoms with Crippen LogP contribution in [0.1, 0.15) is 51.8 Å². The molecule has 3 nitrogen and oxygen atoms in total. The predicted molar refractivity (Wildman–Crippen MR) is 86.2 cm³/mol. The maximum absolute atomic E-state index is 12.3. The molecule has 2 aliphatic rings. The summed E-state index contributed by atoms with van der Waals surface area (Å²) in [5, 5.41) is 10.0. The van der Waals surface area contributed by atoms with Gasteiger partial charge in [0.2, 0.25) is 0 Å². The van der Waals surface area contributed by atoms with Gasteiger partial charge in [0.15, 0.2) is 5.78 Å². The smallest absolute Gasteiger partial charge is 0.163 e. The number of benzene rings is 2. The molecule has 1 aliphatic heterocycles. The van der Waals surface area contributed by atoms with E-state index in [2.05, 4.69) is 24.0 Å². The van der Waals surface area contributed by atoms with E-state index in [1.165, 1.54) is 5.56 Å². The zero-order valence-electron chi connectivity index (χ0n) is 12.6. The van der Waals surface area contributed by atoms with Crippen LogP contribution in [0.4, 0.5) is 5.69 Å². The van der Waals surface area contributed by atoms with Gasteiger partial charge in [-0.3, -0.25) is 4.79 Å². The number of aliphatic hydroxyl groups is 1. The van der Waals surface area contributed by atoms with Crippen LogP contribution in [0.25, 0.3) is 0 Å². The average molecular weight is 293 g/mol. The van der Waals surface area contributed by atoms with E-state index < -0.39 is 0 Å². The van der Waals surface area contributed by atoms with E-state index in [1.54, 1.807) is 0 Å². The molecule has 1 heterocycles. The van der Waals surface area contributed by atoms with Gasteiger partial charge in [-0.15, -0.1) is 0 Å². The van der Waals surface area contributed by atoms with Crippen molar-refractivity contribution >= 4 is 11.5 Å². The van der Waals surface area contributed by atoms with Gasteiger partial charge in [0, 0.05) is 23.6 Å². The average Bonchev–Trinajstić information content (AvgIpc) is 2.89. The SMILES string of the molecule is Cc1ccc2c3c1N(CO)C(c1ccccc1)C3CCC2=O. The highest BCUT2D eigenvalue weighted by molar-refractivity contribution is 6.01. The molecule has 0 amide bonds. The van der Waals surface area contributed by atoms with Crippen molar-refractivity contribution in [2.24, 2.45) is 0 Å². The number of aliphatic hydroxyl groups excluding tert-OH is 1. The Labute approximate surface area is 130 Å². The predicted octanol–water partition coefficient (Wildman–Crippen LogP) is 3.57. The van der Waals surface area contributed by atoms with Crippen LogP contribution in [0.5, 0.6) is 0 Å². The number of ketones is 1. The summed E-state index contributed by atoms with van der Waals surface area (Å²) in [6.45, 7) is 2.03. The Bertz CT molecular complexity index is 739. The monoisotopic (exact) mass is 293 g/mol. The first kappa shape index (κ1) is 13.5. The van der Waals surface area contributed by atoms with Gasteiger partial charge in [0.1, 0.15) is 6.73 Å². The topological polar surface area (TPSA) is 40.5 Å². The van der Waals surface area contributed by atoms with Gasteiger partial charge >= 0.3 is 0 Å². The summed E-state index contributed by atoms with van der Waals surface area (Å²) in [4.78, 5) is 14.3. The summed E-state index contributed by atoms with van der Waals surface area (Å²) < 4.78 is 0. The zero-order chi connectivity index (χ0) is 15.3. The van der Waals surface area contributed by atoms with Crippen LogP contribution in [-0.2, 0) is 0 Å². The number of rotatable bonds is 2. The lowest BCUT2D eigenvalue weighted by atomic mass is 9.78. The van der Waals surface area contributed by atoms with E-state index >= 15 is 0 Å². The highest BCUT2D eigenvalue weighted by atomic mass is 16.3. The van der Waals surface area contributed by atoms with Gasteiger partial charge < -0.3 is 10.0 Å². The summed E-state index contributed by atoms with van der Waals surface area (Å²) in [5.74, 6) is 0.524. The van der Waals surface area contributed by atoms with Crippen molar-refractivity contribution in [2.45, 2.75) is 31.7 Å². The van der Waals surface area contributed by atoms with Crippen molar-refractivity contribution in [2.75, 3.05) is 11.6 Å². The standard InChI is InChI=1S/C19H19NO2/c1-12-7-8-14-16(22)10-9-15-17(14)18(12)20(11-21)19(15)13-5-3-2-4-6-13/h2-8,15,19,21H,9-11H2,1H3. The quantitative estimate of drug-likeness (QED) is 0.920. The first-order chi connectivity index (χ1) is 10.7. The number of carbonyl (C=O) groups is 1. The van der Waals surface area contributed by atoms with Crippen LogP contribution in [0.15, 0.2) is 42.5 Å². The van der Waals surface area contributed by atoms with Crippen molar-refractivity contribution in [1.82, 2.24) is 0 Å². The van der Waals surface area contributed by atoms with Gasteiger partial charge in [-0.25, -0.2) is 0 Å². The van der Waals surface area contributed by atoms with E-state index in [9.17, 15) is 9.90 Å². The third-order valence-electron chi connectivity index (χ3n) is 5.07. The molecule has 22 heavy (non-hydrogen) atoms. The maximum Gasteiger partial charge on any atom is 0.163 e. The van der Waals surface area contributed by atoms with Crippen molar-refractivity contribution < 1.29 is 9.90 Å². The highest BCUT2D eigenvalue weighted by Gasteiger charge is 2.44. The molecule has 0 bridgehead atoms. The molecule has 2 aromatic carbocycles. The van der Waals surface area contributed by atoms with Crippen LogP contribution < -0.4 is 4.90 Å². The molecule has 0 saturated heterocycles. The number of anilines is 1. The molecule has 0 aromatic heterocycles. The fourth-order valence-electron chi connectivity index (χ4n) is 4.18. The molecule has 0 fully saturated rings. The minimum Gasteiger partial charge on any atom is -0.376 e. The van der Waals surface area contributed by atoms with E-state index in [1.807, 2.05) is 30.3 Å². The van der Waals surface area contributed by atoms with Gasteiger partial charge in [0.05, 0.1) is 6.04 Å². The molecular formula is C19H19NO2. The zero-order valence-corrected chi connectivity index (χ0v) is 12.6. The Morgan fingerprint density at radius 2 is 1.95 bits per heavy atom. The third-order valence-corrected chi connectivity index (χ3v) is 5.07. The van der Waals surface area contributed by atoms with Gasteiger partial charge in [-0.2, -0.15) is 0 Å². The Balaban J connectivity index is 1.95. The number of Topliss-reactive ketones (excluding diaryl/α,β-unsaturated/α-hetero) is 1. The number of hydrogen-bond donors (Lipinski definition) is 1. The fraction of sp³-hybridized carbons (Fsp3) is 0.316. The Hall–Kier alpha value is -2.13. The van der Waals surface area contributed by atoms with Crippen molar-refractivity contribution in [1.29, 1.82) is 0 Å². The molecular weight excluding hydrogens is 274 g/mol. The Morgan fingerprint density at radius 3 is 2.68 bits per heavy atom. The third kappa shape index (κ3) is 1.75. The van der Waals surface area contributed by atoms with Crippen LogP contribution >= 0.6 is 0 Å². The van der Waals surface area contributed by atoms with E-state index in [0.29, 0.717) is 6.42 Å². The number of carbonyl (C=O) groups excluding carboxylic acids is 1. The van der Waals surface area contributed by atoms with Crippen molar-refractivity contribution in [3.8, 4) is 0 Å². The Morgan fingerprint density at radius 1 is 1.18 bits per heavy atom. The molecule has 2 aromatic rings. The first-order valence-electron chi connectivity index (χ1n) is 7.81. The number of nitrogens with zero attached hydrogens (tertiary/aromatic N) is 1. The van der Waals surface area contributed by atoms with Crippen LogP contribution in [0, 0.1) is 6.92 Å². The minimum absolute atomic E-state index is 0.0262. The molecule has 2 atom stereocenters. The summed E-state index contributed by atoms with van der Waals surface area (Å²) in [6, 6.07) is 14.4. The lowest BCUT2D eigenvalue weighted by molar-refractivity contribution is 0.0966. The summed E-state index contributed by atoms with van der Waals surface area (Å²) in [7, 11) is 0. The van der Waals surface area contributed by atoms with Gasteiger partial charge in [0.25, 0.3) is 0 Å². The molecule has 112 valence electrons. The van der Waals surface area contributed by atoms with Crippen LogP contribution in [0.3, 0.4) is 0 Å². The van der Waals surface area contributed by atoms with Crippen molar-refractivity contribution in [3.05, 3.63) is 64.7 Å². The number of aryl methyl sites for hydroxylation is 1. The molecule has 0 spiro atoms. The molecule has 4 rings (SSSR count). The molecule has 0 saturated carbocycles. The normalized spacial score (nSPS) is 22.8. The molecule has 1 N–H and O–H groups in total. The van der Waals surface area contributed by atoms with Crippen LogP contribution in [-0.4, -0.2) is 17.6 Å². The highest BCUT2D eigenvalue weighted by Crippen LogP contribution is 2.55. The second kappa shape index (κ2) is 4.96. The second-order valence-corrected chi connectivity index (χ2v) is 6.23. The van der Waals surface area contributed by atoms with Gasteiger partial charge in [-0.05, 0) is 30.0 Å². The van der Waals surface area contributed by atoms with E-state index in [4.69, 9.17) is 0 Å². The molecule has 3 heteroatoms. The van der Waals surface area contributed by atoms with E-state index in [0.717, 1.165) is 28.8 Å².